The number of nitrogens with zero attached hydrogens (tertiary/aromatic N) is 3. The maximum atomic E-state index is 12.7. The van der Waals surface area contributed by atoms with Crippen LogP contribution in [0.4, 0.5) is 5.13 Å². The van der Waals surface area contributed by atoms with Gasteiger partial charge >= 0.3 is 0 Å². The van der Waals surface area contributed by atoms with Crippen LogP contribution in [0.1, 0.15) is 34.1 Å². The summed E-state index contributed by atoms with van der Waals surface area (Å²) >= 11 is 2.79. The van der Waals surface area contributed by atoms with E-state index in [0.29, 0.717) is 13.0 Å². The molecular weight excluding hydrogens is 368 g/mol. The van der Waals surface area contributed by atoms with Crippen LogP contribution in [0.2, 0.25) is 0 Å². The summed E-state index contributed by atoms with van der Waals surface area (Å²) in [6.07, 6.45) is 0.528. The predicted molar refractivity (Wildman–Crippen MR) is 98.4 cm³/mol. The van der Waals surface area contributed by atoms with Gasteiger partial charge in [0.2, 0.25) is 11.0 Å². The first-order valence-corrected chi connectivity index (χ1v) is 11.5. The molecule has 7 nitrogen and oxygen atoms in total. The van der Waals surface area contributed by atoms with Gasteiger partial charge in [-0.2, -0.15) is 0 Å². The van der Waals surface area contributed by atoms with Crippen LogP contribution >= 0.6 is 23.1 Å². The van der Waals surface area contributed by atoms with Crippen LogP contribution in [0.3, 0.4) is 0 Å². The number of sulfone groups is 1. The highest BCUT2D eigenvalue weighted by Gasteiger charge is 2.35. The van der Waals surface area contributed by atoms with E-state index in [1.807, 2.05) is 27.7 Å². The van der Waals surface area contributed by atoms with E-state index in [1.54, 1.807) is 4.90 Å². The third kappa shape index (κ3) is 5.06. The largest absolute Gasteiger partial charge is 0.358 e. The van der Waals surface area contributed by atoms with Gasteiger partial charge in [-0.15, -0.1) is 10.2 Å². The molecule has 2 atom stereocenters. The van der Waals surface area contributed by atoms with Crippen molar-refractivity contribution in [1.82, 2.24) is 15.1 Å². The Morgan fingerprint density at radius 2 is 2.12 bits per heavy atom. The molecule has 0 spiro atoms. The molecule has 1 N–H and O–H groups in total. The van der Waals surface area contributed by atoms with Crippen molar-refractivity contribution in [3.8, 4) is 0 Å². The first-order valence-electron chi connectivity index (χ1n) is 7.99. The van der Waals surface area contributed by atoms with Crippen LogP contribution in [-0.4, -0.2) is 64.8 Å². The first kappa shape index (κ1) is 19.5. The maximum Gasteiger partial charge on any atom is 0.236 e. The van der Waals surface area contributed by atoms with Gasteiger partial charge in [0.05, 0.1) is 16.8 Å². The summed E-state index contributed by atoms with van der Waals surface area (Å²) < 4.78 is 24.1. The smallest absolute Gasteiger partial charge is 0.236 e. The normalized spacial score (nSPS) is 21.0. The van der Waals surface area contributed by atoms with Gasteiger partial charge in [-0.3, -0.25) is 4.79 Å². The van der Waals surface area contributed by atoms with Crippen molar-refractivity contribution >= 4 is 44.0 Å². The quantitative estimate of drug-likeness (QED) is 0.708. The van der Waals surface area contributed by atoms with Crippen LogP contribution in [0.5, 0.6) is 0 Å². The first-order chi connectivity index (χ1) is 11.2. The molecule has 0 saturated carbocycles. The number of anilines is 1. The molecule has 1 amide bonds. The van der Waals surface area contributed by atoms with Crippen LogP contribution in [-0.2, 0) is 14.6 Å². The minimum atomic E-state index is -3.01. The summed E-state index contributed by atoms with van der Waals surface area (Å²) in [5.41, 5.74) is 0. The van der Waals surface area contributed by atoms with E-state index in [-0.39, 0.29) is 34.7 Å². The number of rotatable bonds is 7. The van der Waals surface area contributed by atoms with Crippen molar-refractivity contribution in [3.05, 3.63) is 0 Å². The van der Waals surface area contributed by atoms with Crippen LogP contribution in [0, 0.1) is 0 Å². The maximum absolute atomic E-state index is 12.7. The molecule has 1 saturated heterocycles. The minimum absolute atomic E-state index is 0.0434. The van der Waals surface area contributed by atoms with Crippen LogP contribution in [0.25, 0.3) is 0 Å². The molecule has 10 heteroatoms. The summed E-state index contributed by atoms with van der Waals surface area (Å²) in [6.45, 7) is 8.27. The third-order valence-electron chi connectivity index (χ3n) is 3.72. The summed E-state index contributed by atoms with van der Waals surface area (Å²) in [5.74, 6) is 0.202. The van der Waals surface area contributed by atoms with E-state index in [1.165, 1.54) is 23.1 Å². The van der Waals surface area contributed by atoms with Crippen molar-refractivity contribution in [3.63, 3.8) is 0 Å². The highest BCUT2D eigenvalue weighted by Crippen LogP contribution is 2.31. The molecule has 1 aliphatic heterocycles. The SMILES string of the molecule is CCN(C(=O)[C@@H](C)Sc1nnc(NC(C)C)s1)[C@@H]1CCS(=O)(=O)C1. The van der Waals surface area contributed by atoms with Gasteiger partial charge in [0, 0.05) is 18.6 Å². The van der Waals surface area contributed by atoms with Gasteiger partial charge in [0.1, 0.15) is 0 Å². The minimum Gasteiger partial charge on any atom is -0.358 e. The predicted octanol–water partition coefficient (Wildman–Crippen LogP) is 1.87. The number of thioether (sulfide) groups is 1. The zero-order chi connectivity index (χ0) is 17.9. The number of aromatic nitrogens is 2. The number of hydrogen-bond acceptors (Lipinski definition) is 8. The van der Waals surface area contributed by atoms with Crippen molar-refractivity contribution in [1.29, 1.82) is 0 Å². The second-order valence-corrected chi connectivity index (χ2v) is 10.9. The molecule has 0 bridgehead atoms. The average molecular weight is 393 g/mol. The molecule has 2 heterocycles. The van der Waals surface area contributed by atoms with Gasteiger partial charge < -0.3 is 10.2 Å². The zero-order valence-electron chi connectivity index (χ0n) is 14.4. The lowest BCUT2D eigenvalue weighted by Gasteiger charge is -2.29. The van der Waals surface area contributed by atoms with E-state index in [4.69, 9.17) is 0 Å². The summed E-state index contributed by atoms with van der Waals surface area (Å²) in [6, 6.07) is 0.0675. The molecule has 0 radical (unpaired) electrons. The Labute approximate surface area is 151 Å². The molecule has 0 unspecified atom stereocenters. The molecular formula is C14H24N4O3S3. The number of hydrogen-bond donors (Lipinski definition) is 1. The molecule has 1 aliphatic rings. The molecule has 1 aromatic heterocycles. The molecule has 0 aliphatic carbocycles. The Kier molecular flexibility index (Phi) is 6.49. The number of amides is 1. The fraction of sp³-hybridized carbons (Fsp3) is 0.786. The van der Waals surface area contributed by atoms with Crippen LogP contribution < -0.4 is 5.32 Å². The molecule has 1 fully saturated rings. The Morgan fingerprint density at radius 3 is 2.67 bits per heavy atom. The summed E-state index contributed by atoms with van der Waals surface area (Å²) in [4.78, 5) is 14.4. The molecule has 136 valence electrons. The van der Waals surface area contributed by atoms with Crippen molar-refractivity contribution in [2.75, 3.05) is 23.4 Å². The molecule has 2 rings (SSSR count). The Bertz CT molecular complexity index is 675. The summed E-state index contributed by atoms with van der Waals surface area (Å²) in [7, 11) is -3.01. The summed E-state index contributed by atoms with van der Waals surface area (Å²) in [5, 5.41) is 11.8. The van der Waals surface area contributed by atoms with Gasteiger partial charge in [-0.1, -0.05) is 23.1 Å². The highest BCUT2D eigenvalue weighted by atomic mass is 32.2. The van der Waals surface area contributed by atoms with E-state index < -0.39 is 9.84 Å². The van der Waals surface area contributed by atoms with Crippen molar-refractivity contribution in [2.24, 2.45) is 0 Å². The third-order valence-corrected chi connectivity index (χ3v) is 7.49. The van der Waals surface area contributed by atoms with Gasteiger partial charge in [0.15, 0.2) is 14.2 Å². The fourth-order valence-corrected chi connectivity index (χ4v) is 6.46. The zero-order valence-corrected chi connectivity index (χ0v) is 16.8. The van der Waals surface area contributed by atoms with E-state index >= 15 is 0 Å². The Morgan fingerprint density at radius 1 is 1.42 bits per heavy atom. The van der Waals surface area contributed by atoms with Crippen molar-refractivity contribution in [2.45, 2.75) is 55.8 Å². The lowest BCUT2D eigenvalue weighted by Crippen LogP contribution is -2.44. The lowest BCUT2D eigenvalue weighted by molar-refractivity contribution is -0.131. The second-order valence-electron chi connectivity index (χ2n) is 6.11. The standard InChI is InChI=1S/C14H24N4O3S3/c1-5-18(11-6-7-24(20,21)8-11)12(19)10(4)22-14-17-16-13(23-14)15-9(2)3/h9-11H,5-8H2,1-4H3,(H,15,16)/t10-,11-/m1/s1. The van der Waals surface area contributed by atoms with E-state index in [0.717, 1.165) is 9.47 Å². The van der Waals surface area contributed by atoms with Crippen molar-refractivity contribution < 1.29 is 13.2 Å². The number of carbonyl (C=O) groups excluding carboxylic acids is 1. The Balaban J connectivity index is 1.98. The second kappa shape index (κ2) is 8.01. The number of carbonyl (C=O) groups is 1. The molecule has 24 heavy (non-hydrogen) atoms. The van der Waals surface area contributed by atoms with Crippen LogP contribution in [0.15, 0.2) is 4.34 Å². The van der Waals surface area contributed by atoms with E-state index in [9.17, 15) is 13.2 Å². The topological polar surface area (TPSA) is 92.3 Å². The molecule has 0 aromatic carbocycles. The van der Waals surface area contributed by atoms with E-state index in [2.05, 4.69) is 15.5 Å². The van der Waals surface area contributed by atoms with Gasteiger partial charge in [0.25, 0.3) is 0 Å². The average Bonchev–Trinajstić information content (AvgIpc) is 3.05. The fourth-order valence-electron chi connectivity index (χ4n) is 2.61. The Hall–Kier alpha value is -0.870. The number of nitrogens with one attached hydrogen (secondary N) is 1. The molecule has 1 aromatic rings. The van der Waals surface area contributed by atoms with Gasteiger partial charge in [-0.25, -0.2) is 8.42 Å². The highest BCUT2D eigenvalue weighted by molar-refractivity contribution is 8.02. The lowest BCUT2D eigenvalue weighted by atomic mass is 10.2. The monoisotopic (exact) mass is 392 g/mol. The van der Waals surface area contributed by atoms with Gasteiger partial charge in [-0.05, 0) is 34.1 Å².